The predicted octanol–water partition coefficient (Wildman–Crippen LogP) is 3.99. The standard InChI is InChI=1S/C25H23N5O4S2/c1-3-28-18-8-5-6-9-20(18)35-22(28)10-7-11-23-29(4-2)19-14-16(12-13-21(19)36-23)33-15-17-24(25(26)31)30(32)34-27-17/h5-14H,3-4,15H2,1-2H3,(H-,26,31)/p+1. The molecule has 2 N–H and O–H groups in total. The number of primary amides is 1. The summed E-state index contributed by atoms with van der Waals surface area (Å²) in [6.07, 6.45) is 6.38. The van der Waals surface area contributed by atoms with Gasteiger partial charge in [0.2, 0.25) is 5.52 Å². The summed E-state index contributed by atoms with van der Waals surface area (Å²) in [6, 6.07) is 14.2. The van der Waals surface area contributed by atoms with E-state index in [2.05, 4.69) is 75.6 Å². The Kier molecular flexibility index (Phi) is 6.66. The molecular weight excluding hydrogens is 498 g/mol. The van der Waals surface area contributed by atoms with E-state index in [1.807, 2.05) is 18.2 Å². The Labute approximate surface area is 215 Å². The van der Waals surface area contributed by atoms with Crippen molar-refractivity contribution in [2.75, 3.05) is 11.4 Å². The minimum Gasteiger partial charge on any atom is -0.485 e. The van der Waals surface area contributed by atoms with Gasteiger partial charge in [0.05, 0.1) is 10.7 Å². The number of ether oxygens (including phenoxy) is 1. The number of thiazole rings is 1. The van der Waals surface area contributed by atoms with E-state index in [0.29, 0.717) is 5.75 Å². The van der Waals surface area contributed by atoms with Crippen molar-refractivity contribution in [1.29, 1.82) is 0 Å². The lowest BCUT2D eigenvalue weighted by atomic mass is 10.2. The molecule has 3 heterocycles. The zero-order valence-corrected chi connectivity index (χ0v) is 21.3. The van der Waals surface area contributed by atoms with Crippen LogP contribution in [-0.4, -0.2) is 17.6 Å². The fourth-order valence-corrected chi connectivity index (χ4v) is 6.35. The maximum absolute atomic E-state index is 11.5. The molecule has 36 heavy (non-hydrogen) atoms. The molecule has 0 radical (unpaired) electrons. The summed E-state index contributed by atoms with van der Waals surface area (Å²) < 4.78 is 13.9. The van der Waals surface area contributed by atoms with Crippen LogP contribution in [-0.2, 0) is 13.2 Å². The number of rotatable bonds is 8. The smallest absolute Gasteiger partial charge is 0.297 e. The van der Waals surface area contributed by atoms with Gasteiger partial charge in [-0.15, -0.1) is 0 Å². The van der Waals surface area contributed by atoms with E-state index in [4.69, 9.17) is 10.5 Å². The number of thioether (sulfide) groups is 1. The van der Waals surface area contributed by atoms with Gasteiger partial charge in [-0.05, 0) is 43.0 Å². The van der Waals surface area contributed by atoms with Gasteiger partial charge in [-0.2, -0.15) is 4.57 Å². The molecule has 9 nitrogen and oxygen atoms in total. The minimum atomic E-state index is -0.921. The van der Waals surface area contributed by atoms with Crippen molar-refractivity contribution >= 4 is 51.0 Å². The second-order valence-corrected chi connectivity index (χ2v) is 9.99. The second-order valence-electron chi connectivity index (χ2n) is 7.87. The van der Waals surface area contributed by atoms with Crippen molar-refractivity contribution in [3.8, 4) is 5.75 Å². The Morgan fingerprint density at radius 3 is 2.89 bits per heavy atom. The first-order chi connectivity index (χ1) is 17.5. The number of para-hydroxylation sites is 1. The predicted molar refractivity (Wildman–Crippen MR) is 138 cm³/mol. The monoisotopic (exact) mass is 522 g/mol. The van der Waals surface area contributed by atoms with E-state index in [1.54, 1.807) is 23.1 Å². The van der Waals surface area contributed by atoms with E-state index in [0.717, 1.165) is 28.7 Å². The van der Waals surface area contributed by atoms with E-state index in [9.17, 15) is 10.0 Å². The van der Waals surface area contributed by atoms with Gasteiger partial charge in [0.15, 0.2) is 6.61 Å². The minimum absolute atomic E-state index is 0.00937. The van der Waals surface area contributed by atoms with Crippen LogP contribution in [0, 0.1) is 5.21 Å². The Hall–Kier alpha value is -3.83. The Morgan fingerprint density at radius 2 is 2.11 bits per heavy atom. The van der Waals surface area contributed by atoms with Crippen LogP contribution in [0.3, 0.4) is 0 Å². The fourth-order valence-electron chi connectivity index (χ4n) is 4.09. The van der Waals surface area contributed by atoms with Gasteiger partial charge in [0.1, 0.15) is 17.0 Å². The molecule has 0 saturated carbocycles. The normalized spacial score (nSPS) is 14.3. The van der Waals surface area contributed by atoms with Crippen molar-refractivity contribution in [2.24, 2.45) is 5.73 Å². The molecule has 0 aliphatic carbocycles. The first kappa shape index (κ1) is 23.9. The van der Waals surface area contributed by atoms with Crippen molar-refractivity contribution in [3.63, 3.8) is 0 Å². The molecule has 2 aromatic carbocycles. The van der Waals surface area contributed by atoms with Gasteiger partial charge in [0, 0.05) is 34.8 Å². The number of aryl methyl sites for hydroxylation is 1. The summed E-state index contributed by atoms with van der Waals surface area (Å²) in [5.41, 5.74) is 7.20. The summed E-state index contributed by atoms with van der Waals surface area (Å²) in [7, 11) is 0. The van der Waals surface area contributed by atoms with Crippen LogP contribution in [0.25, 0.3) is 16.3 Å². The average Bonchev–Trinajstić information content (AvgIpc) is 3.54. The van der Waals surface area contributed by atoms with Gasteiger partial charge in [-0.3, -0.25) is 9.42 Å². The first-order valence-electron chi connectivity index (χ1n) is 11.4. The topological polar surface area (TPSA) is 112 Å². The van der Waals surface area contributed by atoms with Gasteiger partial charge < -0.3 is 20.6 Å². The maximum atomic E-state index is 11.5. The van der Waals surface area contributed by atoms with Crippen LogP contribution in [0.5, 0.6) is 5.75 Å². The van der Waals surface area contributed by atoms with Crippen LogP contribution >= 0.6 is 23.1 Å². The number of nitrogens with zero attached hydrogens (tertiary/aromatic N) is 4. The lowest BCUT2D eigenvalue weighted by molar-refractivity contribution is -0.803. The molecule has 1 amide bonds. The molecule has 4 aromatic rings. The fraction of sp³-hybridized carbons (Fsp3) is 0.200. The third kappa shape index (κ3) is 4.42. The number of hydrogen-bond donors (Lipinski definition) is 1. The second kappa shape index (κ2) is 10.0. The van der Waals surface area contributed by atoms with Crippen LogP contribution in [0.1, 0.15) is 35.0 Å². The average molecular weight is 523 g/mol. The highest BCUT2D eigenvalue weighted by Gasteiger charge is 2.27. The number of fused-ring (bicyclic) bond motifs is 2. The number of allylic oxidation sites excluding steroid dienone is 2. The SMILES string of the molecule is CCN1/C(=C/C=C/c2sc3ccccc3[n+]2CC)Sc2ccc(OCc3no[n+]([O-])c3C(N)=O)cc21. The summed E-state index contributed by atoms with van der Waals surface area (Å²) in [4.78, 5) is 14.8. The van der Waals surface area contributed by atoms with Crippen molar-refractivity contribution < 1.29 is 23.6 Å². The number of carbonyl (C=O) groups is 1. The third-order valence-corrected chi connectivity index (χ3v) is 8.00. The van der Waals surface area contributed by atoms with E-state index < -0.39 is 5.91 Å². The number of carbonyl (C=O) groups excluding carboxylic acids is 1. The molecule has 0 spiro atoms. The molecule has 0 bridgehead atoms. The van der Waals surface area contributed by atoms with Crippen LogP contribution < -0.4 is 24.8 Å². The summed E-state index contributed by atoms with van der Waals surface area (Å²) in [6.45, 7) is 5.83. The zero-order chi connectivity index (χ0) is 25.2. The van der Waals surface area contributed by atoms with Gasteiger partial charge in [0.25, 0.3) is 22.3 Å². The largest absolute Gasteiger partial charge is 0.485 e. The van der Waals surface area contributed by atoms with E-state index in [1.165, 1.54) is 15.2 Å². The maximum Gasteiger partial charge on any atom is 0.297 e. The van der Waals surface area contributed by atoms with Crippen molar-refractivity contribution in [1.82, 2.24) is 5.16 Å². The lowest BCUT2D eigenvalue weighted by Gasteiger charge is -2.18. The Bertz CT molecular complexity index is 1510. The number of benzene rings is 2. The molecule has 11 heteroatoms. The zero-order valence-electron chi connectivity index (χ0n) is 19.7. The number of aromatic nitrogens is 3. The number of nitrogens with two attached hydrogens (primary N) is 1. The van der Waals surface area contributed by atoms with Crippen LogP contribution in [0.4, 0.5) is 5.69 Å². The molecule has 1 aliphatic heterocycles. The molecule has 0 fully saturated rings. The van der Waals surface area contributed by atoms with E-state index >= 15 is 0 Å². The van der Waals surface area contributed by atoms with Gasteiger partial charge in [-0.25, -0.2) is 0 Å². The number of anilines is 1. The van der Waals surface area contributed by atoms with Gasteiger partial charge in [-0.1, -0.05) is 41.3 Å². The van der Waals surface area contributed by atoms with Crippen molar-refractivity contribution in [3.05, 3.63) is 81.2 Å². The third-order valence-electron chi connectivity index (χ3n) is 5.74. The molecule has 184 valence electrons. The Balaban J connectivity index is 1.34. The molecular formula is C25H24N5O4S2+. The van der Waals surface area contributed by atoms with Crippen LogP contribution in [0.15, 0.2) is 69.2 Å². The molecule has 0 unspecified atom stereocenters. The molecule has 5 rings (SSSR count). The number of amides is 1. The summed E-state index contributed by atoms with van der Waals surface area (Å²) in [5, 5.41) is 17.4. The lowest BCUT2D eigenvalue weighted by Crippen LogP contribution is -2.35. The highest BCUT2D eigenvalue weighted by Crippen LogP contribution is 2.47. The molecule has 0 saturated heterocycles. The summed E-state index contributed by atoms with van der Waals surface area (Å²) >= 11 is 3.48. The highest BCUT2D eigenvalue weighted by molar-refractivity contribution is 8.03. The van der Waals surface area contributed by atoms with Gasteiger partial charge >= 0.3 is 0 Å². The first-order valence-corrected chi connectivity index (χ1v) is 13.0. The molecule has 1 aliphatic rings. The molecule has 0 atom stereocenters. The van der Waals surface area contributed by atoms with Crippen molar-refractivity contribution in [2.45, 2.75) is 31.9 Å². The summed E-state index contributed by atoms with van der Waals surface area (Å²) in [5.74, 6) is -0.343. The van der Waals surface area contributed by atoms with E-state index in [-0.39, 0.29) is 22.9 Å². The Morgan fingerprint density at radius 1 is 1.28 bits per heavy atom. The van der Waals surface area contributed by atoms with Crippen LogP contribution in [0.2, 0.25) is 0 Å². The highest BCUT2D eigenvalue weighted by atomic mass is 32.2. The quantitative estimate of drug-likeness (QED) is 0.275. The number of hydrogen-bond acceptors (Lipinski definition) is 8. The molecule has 2 aromatic heterocycles.